The first-order valence-electron chi connectivity index (χ1n) is 5.86. The molecule has 0 aliphatic rings. The second kappa shape index (κ2) is 5.31. The van der Waals surface area contributed by atoms with Crippen molar-refractivity contribution >= 4 is 33.1 Å². The second-order valence-corrected chi connectivity index (χ2v) is 5.36. The van der Waals surface area contributed by atoms with Crippen molar-refractivity contribution in [2.24, 2.45) is 5.92 Å². The van der Waals surface area contributed by atoms with E-state index in [-0.39, 0.29) is 24.2 Å². The minimum absolute atomic E-state index is 0.0443. The Morgan fingerprint density at radius 1 is 1.28 bits per heavy atom. The number of amides is 1. The first-order valence-corrected chi connectivity index (χ1v) is 6.74. The van der Waals surface area contributed by atoms with Gasteiger partial charge in [-0.2, -0.15) is 0 Å². The third-order valence-corrected chi connectivity index (χ3v) is 3.76. The number of carbonyl (C=O) groups is 2. The van der Waals surface area contributed by atoms with Gasteiger partial charge in [-0.15, -0.1) is 11.3 Å². The van der Waals surface area contributed by atoms with Gasteiger partial charge >= 0.3 is 0 Å². The molecule has 1 aromatic heterocycles. The van der Waals surface area contributed by atoms with E-state index in [1.54, 1.807) is 0 Å². The third kappa shape index (κ3) is 2.59. The zero-order chi connectivity index (χ0) is 13.1. The Morgan fingerprint density at radius 3 is 2.72 bits per heavy atom. The van der Waals surface area contributed by atoms with E-state index >= 15 is 0 Å². The number of benzene rings is 1. The van der Waals surface area contributed by atoms with Crippen LogP contribution in [0.2, 0.25) is 0 Å². The molecule has 0 spiro atoms. The monoisotopic (exact) mass is 261 g/mol. The average molecular weight is 261 g/mol. The largest absolute Gasteiger partial charge is 0.345 e. The van der Waals surface area contributed by atoms with Gasteiger partial charge in [-0.05, 0) is 6.07 Å². The zero-order valence-corrected chi connectivity index (χ0v) is 11.2. The van der Waals surface area contributed by atoms with Crippen LogP contribution >= 0.6 is 11.3 Å². The highest BCUT2D eigenvalue weighted by molar-refractivity contribution is 7.17. The summed E-state index contributed by atoms with van der Waals surface area (Å²) in [5, 5.41) is 5.45. The fraction of sp³-hybridized carbons (Fsp3) is 0.286. The van der Waals surface area contributed by atoms with Gasteiger partial charge in [0.05, 0.1) is 12.1 Å². The SMILES string of the molecule is CC(C)C(=O)CNC(=O)c1csc2ccccc12. The molecule has 3 nitrogen and oxygen atoms in total. The van der Waals surface area contributed by atoms with Crippen LogP contribution in [0.15, 0.2) is 29.6 Å². The molecule has 0 aliphatic carbocycles. The lowest BCUT2D eigenvalue weighted by molar-refractivity contribution is -0.120. The predicted molar refractivity (Wildman–Crippen MR) is 74.0 cm³/mol. The lowest BCUT2D eigenvalue weighted by Gasteiger charge is -2.05. The number of fused-ring (bicyclic) bond motifs is 1. The van der Waals surface area contributed by atoms with Crippen molar-refractivity contribution in [2.45, 2.75) is 13.8 Å². The van der Waals surface area contributed by atoms with Crippen LogP contribution in [-0.4, -0.2) is 18.2 Å². The Kier molecular flexibility index (Phi) is 3.77. The van der Waals surface area contributed by atoms with Crippen LogP contribution in [-0.2, 0) is 4.79 Å². The standard InChI is InChI=1S/C14H15NO2S/c1-9(2)12(16)7-15-14(17)11-8-18-13-6-4-3-5-10(11)13/h3-6,8-9H,7H2,1-2H3,(H,15,17). The van der Waals surface area contributed by atoms with E-state index in [9.17, 15) is 9.59 Å². The van der Waals surface area contributed by atoms with E-state index < -0.39 is 0 Å². The number of hydrogen-bond acceptors (Lipinski definition) is 3. The van der Waals surface area contributed by atoms with Gasteiger partial charge in [-0.25, -0.2) is 0 Å². The summed E-state index contributed by atoms with van der Waals surface area (Å²) in [5.74, 6) is -0.186. The van der Waals surface area contributed by atoms with Gasteiger partial charge in [0.2, 0.25) is 0 Å². The van der Waals surface area contributed by atoms with Crippen molar-refractivity contribution < 1.29 is 9.59 Å². The number of ketones is 1. The molecule has 0 atom stereocenters. The van der Waals surface area contributed by atoms with Crippen molar-refractivity contribution in [2.75, 3.05) is 6.54 Å². The Hall–Kier alpha value is -1.68. The maximum Gasteiger partial charge on any atom is 0.253 e. The number of nitrogens with one attached hydrogen (secondary N) is 1. The lowest BCUT2D eigenvalue weighted by Crippen LogP contribution is -2.31. The van der Waals surface area contributed by atoms with Gasteiger partial charge in [0.25, 0.3) is 5.91 Å². The highest BCUT2D eigenvalue weighted by Crippen LogP contribution is 2.25. The molecule has 18 heavy (non-hydrogen) atoms. The molecule has 0 unspecified atom stereocenters. The highest BCUT2D eigenvalue weighted by Gasteiger charge is 2.13. The van der Waals surface area contributed by atoms with Crippen molar-refractivity contribution in [3.8, 4) is 0 Å². The van der Waals surface area contributed by atoms with E-state index in [0.29, 0.717) is 5.56 Å². The number of carbonyl (C=O) groups excluding carboxylic acids is 2. The van der Waals surface area contributed by atoms with E-state index in [0.717, 1.165) is 10.1 Å². The highest BCUT2D eigenvalue weighted by atomic mass is 32.1. The maximum atomic E-state index is 12.0. The summed E-state index contributed by atoms with van der Waals surface area (Å²) >= 11 is 1.54. The van der Waals surface area contributed by atoms with Crippen LogP contribution in [0.25, 0.3) is 10.1 Å². The lowest BCUT2D eigenvalue weighted by atomic mass is 10.1. The number of rotatable bonds is 4. The average Bonchev–Trinajstić information content (AvgIpc) is 2.79. The molecule has 1 N–H and O–H groups in total. The van der Waals surface area contributed by atoms with Gasteiger partial charge < -0.3 is 5.32 Å². The van der Waals surface area contributed by atoms with Gasteiger partial charge in [-0.3, -0.25) is 9.59 Å². The molecule has 0 fully saturated rings. The normalized spacial score (nSPS) is 10.8. The summed E-state index contributed by atoms with van der Waals surface area (Å²) in [4.78, 5) is 23.5. The fourth-order valence-electron chi connectivity index (χ4n) is 1.62. The molecule has 2 aromatic rings. The number of hydrogen-bond donors (Lipinski definition) is 1. The first kappa shape index (κ1) is 12.8. The zero-order valence-electron chi connectivity index (χ0n) is 10.4. The Labute approximate surface area is 110 Å². The van der Waals surface area contributed by atoms with Gasteiger partial charge in [0.15, 0.2) is 5.78 Å². The molecule has 0 aliphatic heterocycles. The molecule has 1 amide bonds. The molecule has 0 radical (unpaired) electrons. The number of Topliss-reactive ketones (excluding diaryl/α,β-unsaturated/α-hetero) is 1. The minimum Gasteiger partial charge on any atom is -0.345 e. The Bertz CT molecular complexity index is 586. The van der Waals surface area contributed by atoms with E-state index in [2.05, 4.69) is 5.32 Å². The van der Waals surface area contributed by atoms with Crippen LogP contribution in [0.3, 0.4) is 0 Å². The minimum atomic E-state index is -0.179. The summed E-state index contributed by atoms with van der Waals surface area (Å²) in [6.45, 7) is 3.75. The van der Waals surface area contributed by atoms with Crippen LogP contribution in [0, 0.1) is 5.92 Å². The fourth-order valence-corrected chi connectivity index (χ4v) is 2.56. The molecule has 0 saturated heterocycles. The Morgan fingerprint density at radius 2 is 2.00 bits per heavy atom. The van der Waals surface area contributed by atoms with E-state index in [1.807, 2.05) is 43.5 Å². The Balaban J connectivity index is 2.12. The molecular formula is C14H15NO2S. The predicted octanol–water partition coefficient (Wildman–Crippen LogP) is 2.86. The molecule has 1 aromatic carbocycles. The van der Waals surface area contributed by atoms with Crippen LogP contribution in [0.5, 0.6) is 0 Å². The molecule has 0 bridgehead atoms. The van der Waals surface area contributed by atoms with Gasteiger partial charge in [-0.1, -0.05) is 32.0 Å². The second-order valence-electron chi connectivity index (χ2n) is 4.45. The molecular weight excluding hydrogens is 246 g/mol. The van der Waals surface area contributed by atoms with Gasteiger partial charge in [0, 0.05) is 21.4 Å². The molecule has 0 saturated carbocycles. The first-order chi connectivity index (χ1) is 8.59. The smallest absolute Gasteiger partial charge is 0.253 e. The summed E-state index contributed by atoms with van der Waals surface area (Å²) in [6, 6.07) is 7.76. The molecule has 94 valence electrons. The van der Waals surface area contributed by atoms with Crippen molar-refractivity contribution in [1.82, 2.24) is 5.32 Å². The summed E-state index contributed by atoms with van der Waals surface area (Å²) in [5.41, 5.74) is 0.646. The maximum absolute atomic E-state index is 12.0. The van der Waals surface area contributed by atoms with Crippen molar-refractivity contribution in [3.05, 3.63) is 35.2 Å². The van der Waals surface area contributed by atoms with Crippen LogP contribution in [0.4, 0.5) is 0 Å². The van der Waals surface area contributed by atoms with E-state index in [1.165, 1.54) is 11.3 Å². The summed E-state index contributed by atoms with van der Waals surface area (Å²) < 4.78 is 1.08. The molecule has 1 heterocycles. The van der Waals surface area contributed by atoms with Crippen molar-refractivity contribution in [1.29, 1.82) is 0 Å². The van der Waals surface area contributed by atoms with Crippen LogP contribution in [0.1, 0.15) is 24.2 Å². The molecule has 2 rings (SSSR count). The van der Waals surface area contributed by atoms with Crippen LogP contribution < -0.4 is 5.32 Å². The quantitative estimate of drug-likeness (QED) is 0.920. The van der Waals surface area contributed by atoms with Crippen molar-refractivity contribution in [3.63, 3.8) is 0 Å². The summed E-state index contributed by atoms with van der Waals surface area (Å²) in [6.07, 6.45) is 0. The van der Waals surface area contributed by atoms with Gasteiger partial charge in [0.1, 0.15) is 0 Å². The van der Waals surface area contributed by atoms with E-state index in [4.69, 9.17) is 0 Å². The third-order valence-electron chi connectivity index (χ3n) is 2.79. The topological polar surface area (TPSA) is 46.2 Å². The number of thiophene rings is 1. The molecule has 4 heteroatoms. The summed E-state index contributed by atoms with van der Waals surface area (Å²) in [7, 11) is 0.